The van der Waals surface area contributed by atoms with E-state index in [0.717, 1.165) is 54.8 Å². The molecule has 2 saturated carbocycles. The van der Waals surface area contributed by atoms with Gasteiger partial charge in [-0.2, -0.15) is 0 Å². The fourth-order valence-corrected chi connectivity index (χ4v) is 7.19. The molecule has 6 heteroatoms. The van der Waals surface area contributed by atoms with Crippen LogP contribution in [-0.2, 0) is 4.74 Å². The van der Waals surface area contributed by atoms with Crippen LogP contribution in [0.25, 0.3) is 0 Å². The number of hydrogen-bond acceptors (Lipinski definition) is 6. The molecule has 2 aliphatic carbocycles. The Labute approximate surface area is 225 Å². The van der Waals surface area contributed by atoms with Crippen LogP contribution in [0.1, 0.15) is 93.3 Å². The SMILES string of the molecule is C=C(C)C1CCC(C)CC1O.CC1CCC2C(C1)OC(c1cccs1)CC2(C)O.O=Cc1cccs1. The van der Waals surface area contributed by atoms with Gasteiger partial charge in [0.15, 0.2) is 6.29 Å². The van der Waals surface area contributed by atoms with E-state index < -0.39 is 5.60 Å². The molecule has 2 N–H and O–H groups in total. The average molecular weight is 533 g/mol. The Morgan fingerprint density at radius 2 is 1.75 bits per heavy atom. The van der Waals surface area contributed by atoms with Crippen molar-refractivity contribution in [3.05, 3.63) is 56.9 Å². The zero-order chi connectivity index (χ0) is 26.3. The lowest BCUT2D eigenvalue weighted by Crippen LogP contribution is -2.51. The van der Waals surface area contributed by atoms with E-state index in [9.17, 15) is 15.0 Å². The van der Waals surface area contributed by atoms with Crippen LogP contribution in [0, 0.1) is 23.7 Å². The first-order valence-electron chi connectivity index (χ1n) is 13.3. The highest BCUT2D eigenvalue weighted by molar-refractivity contribution is 7.11. The van der Waals surface area contributed by atoms with Crippen molar-refractivity contribution in [2.24, 2.45) is 23.7 Å². The molecular weight excluding hydrogens is 488 g/mol. The van der Waals surface area contributed by atoms with E-state index in [0.29, 0.717) is 17.8 Å². The Morgan fingerprint density at radius 3 is 2.31 bits per heavy atom. The number of thiophene rings is 2. The molecule has 0 spiro atoms. The first-order valence-corrected chi connectivity index (χ1v) is 15.1. The first-order chi connectivity index (χ1) is 17.1. The summed E-state index contributed by atoms with van der Waals surface area (Å²) in [6.07, 6.45) is 8.55. The van der Waals surface area contributed by atoms with Crippen molar-refractivity contribution < 1.29 is 19.7 Å². The molecule has 3 heterocycles. The maximum Gasteiger partial charge on any atom is 0.159 e. The zero-order valence-electron chi connectivity index (χ0n) is 22.3. The van der Waals surface area contributed by atoms with Gasteiger partial charge in [0.25, 0.3) is 0 Å². The highest BCUT2D eigenvalue weighted by Crippen LogP contribution is 2.48. The fraction of sp³-hybridized carbons (Fsp3) is 0.633. The summed E-state index contributed by atoms with van der Waals surface area (Å²) in [4.78, 5) is 11.9. The summed E-state index contributed by atoms with van der Waals surface area (Å²) in [5.41, 5.74) is 0.571. The molecule has 2 aromatic heterocycles. The average Bonchev–Trinajstić information content (AvgIpc) is 3.53. The van der Waals surface area contributed by atoms with Crippen molar-refractivity contribution >= 4 is 29.0 Å². The molecule has 2 aromatic rings. The van der Waals surface area contributed by atoms with Crippen molar-refractivity contribution in [3.63, 3.8) is 0 Å². The summed E-state index contributed by atoms with van der Waals surface area (Å²) in [6, 6.07) is 7.83. The lowest BCUT2D eigenvalue weighted by atomic mass is 9.69. The second-order valence-electron chi connectivity index (χ2n) is 11.3. The molecule has 3 fully saturated rings. The van der Waals surface area contributed by atoms with Gasteiger partial charge < -0.3 is 14.9 Å². The number of ether oxygens (including phenoxy) is 1. The lowest BCUT2D eigenvalue weighted by molar-refractivity contribution is -0.196. The van der Waals surface area contributed by atoms with E-state index >= 15 is 0 Å². The van der Waals surface area contributed by atoms with Crippen LogP contribution < -0.4 is 0 Å². The van der Waals surface area contributed by atoms with Gasteiger partial charge >= 0.3 is 0 Å². The summed E-state index contributed by atoms with van der Waals surface area (Å²) >= 11 is 3.19. The third-order valence-corrected chi connectivity index (χ3v) is 9.78. The molecule has 8 atom stereocenters. The van der Waals surface area contributed by atoms with Crippen molar-refractivity contribution in [3.8, 4) is 0 Å². The largest absolute Gasteiger partial charge is 0.392 e. The van der Waals surface area contributed by atoms with E-state index in [2.05, 4.69) is 37.9 Å². The van der Waals surface area contributed by atoms with Gasteiger partial charge in [-0.1, -0.05) is 44.6 Å². The molecule has 0 amide bonds. The fourth-order valence-electron chi connectivity index (χ4n) is 5.90. The number of rotatable bonds is 3. The van der Waals surface area contributed by atoms with Crippen LogP contribution in [0.5, 0.6) is 0 Å². The maximum absolute atomic E-state index is 10.7. The van der Waals surface area contributed by atoms with Gasteiger partial charge in [0.2, 0.25) is 0 Å². The van der Waals surface area contributed by atoms with Crippen LogP contribution >= 0.6 is 22.7 Å². The number of fused-ring (bicyclic) bond motifs is 1. The molecule has 8 unspecified atom stereocenters. The predicted octanol–water partition coefficient (Wildman–Crippen LogP) is 7.69. The van der Waals surface area contributed by atoms with Crippen molar-refractivity contribution in [1.29, 1.82) is 0 Å². The molecule has 4 nitrogen and oxygen atoms in total. The second kappa shape index (κ2) is 13.5. The quantitative estimate of drug-likeness (QED) is 0.314. The van der Waals surface area contributed by atoms with E-state index in [1.807, 2.05) is 25.3 Å². The molecule has 5 rings (SSSR count). The number of carbonyl (C=O) groups excluding carboxylic acids is 1. The predicted molar refractivity (Wildman–Crippen MR) is 151 cm³/mol. The van der Waals surface area contributed by atoms with Gasteiger partial charge in [0.1, 0.15) is 0 Å². The minimum Gasteiger partial charge on any atom is -0.392 e. The molecule has 1 saturated heterocycles. The van der Waals surface area contributed by atoms with E-state index in [-0.39, 0.29) is 18.3 Å². The van der Waals surface area contributed by atoms with Crippen molar-refractivity contribution in [2.75, 3.05) is 0 Å². The Kier molecular flexibility index (Phi) is 10.9. The summed E-state index contributed by atoms with van der Waals surface area (Å²) in [6.45, 7) is 12.4. The number of aldehydes is 1. The van der Waals surface area contributed by atoms with E-state index in [4.69, 9.17) is 4.74 Å². The number of hydrogen-bond donors (Lipinski definition) is 2. The second-order valence-corrected chi connectivity index (χ2v) is 13.3. The van der Waals surface area contributed by atoms with Gasteiger partial charge in [-0.3, -0.25) is 4.79 Å². The van der Waals surface area contributed by atoms with Gasteiger partial charge in [-0.05, 0) is 80.7 Å². The molecule has 0 aromatic carbocycles. The summed E-state index contributed by atoms with van der Waals surface area (Å²) in [5, 5.41) is 24.4. The Balaban J connectivity index is 0.000000170. The van der Waals surface area contributed by atoms with E-state index in [1.54, 1.807) is 17.4 Å². The molecule has 0 radical (unpaired) electrons. The standard InChI is InChI=1S/C15H22O2S.C10H18O.C5H4OS/c1-10-5-6-11-12(8-10)17-13(9-15(11,2)16)14-4-3-7-18-14;1-7(2)9-5-4-8(3)6-10(9)11;6-4-5-2-1-3-7-5/h3-4,7,10-13,16H,5-6,8-9H2,1-2H3;8-11H,1,4-6H2,2-3H3;1-4H. The molecule has 200 valence electrons. The van der Waals surface area contributed by atoms with Crippen molar-refractivity contribution in [2.45, 2.75) is 96.6 Å². The third kappa shape index (κ3) is 8.09. The first kappa shape index (κ1) is 29.2. The van der Waals surface area contributed by atoms with Crippen LogP contribution in [0.4, 0.5) is 0 Å². The molecule has 0 bridgehead atoms. The molecular formula is C30H44O4S2. The number of carbonyl (C=O) groups is 1. The normalized spacial score (nSPS) is 35.8. The zero-order valence-corrected chi connectivity index (χ0v) is 23.9. The van der Waals surface area contributed by atoms with Crippen LogP contribution in [0.2, 0.25) is 0 Å². The van der Waals surface area contributed by atoms with E-state index in [1.165, 1.54) is 29.1 Å². The summed E-state index contributed by atoms with van der Waals surface area (Å²) in [7, 11) is 0. The molecule has 1 aliphatic heterocycles. The highest BCUT2D eigenvalue weighted by atomic mass is 32.1. The Bertz CT molecular complexity index is 921. The Hall–Kier alpha value is -1.31. The molecule has 36 heavy (non-hydrogen) atoms. The number of aliphatic hydroxyl groups excluding tert-OH is 1. The van der Waals surface area contributed by atoms with Gasteiger partial charge in [-0.25, -0.2) is 0 Å². The lowest BCUT2D eigenvalue weighted by Gasteiger charge is -2.49. The topological polar surface area (TPSA) is 66.8 Å². The van der Waals surface area contributed by atoms with Gasteiger partial charge in [0.05, 0.1) is 28.8 Å². The maximum atomic E-state index is 10.7. The Morgan fingerprint density at radius 1 is 1.08 bits per heavy atom. The summed E-state index contributed by atoms with van der Waals surface area (Å²) < 4.78 is 6.29. The van der Waals surface area contributed by atoms with Crippen LogP contribution in [-0.4, -0.2) is 34.3 Å². The minimum atomic E-state index is -0.572. The minimum absolute atomic E-state index is 0.0894. The summed E-state index contributed by atoms with van der Waals surface area (Å²) in [5.74, 6) is 2.11. The van der Waals surface area contributed by atoms with Gasteiger partial charge in [0, 0.05) is 23.1 Å². The van der Waals surface area contributed by atoms with Crippen molar-refractivity contribution in [1.82, 2.24) is 0 Å². The van der Waals surface area contributed by atoms with Crippen LogP contribution in [0.3, 0.4) is 0 Å². The molecule has 3 aliphatic rings. The number of aliphatic hydroxyl groups is 2. The monoisotopic (exact) mass is 532 g/mol. The third-order valence-electron chi connectivity index (χ3n) is 8.02. The highest BCUT2D eigenvalue weighted by Gasteiger charge is 2.47. The van der Waals surface area contributed by atoms with Gasteiger partial charge in [-0.15, -0.1) is 22.7 Å². The smallest absolute Gasteiger partial charge is 0.159 e. The van der Waals surface area contributed by atoms with Crippen LogP contribution in [0.15, 0.2) is 47.2 Å².